The van der Waals surface area contributed by atoms with E-state index >= 15 is 0 Å². The van der Waals surface area contributed by atoms with Gasteiger partial charge in [0.05, 0.1) is 24.0 Å². The van der Waals surface area contributed by atoms with Gasteiger partial charge in [0.1, 0.15) is 5.82 Å². The van der Waals surface area contributed by atoms with Gasteiger partial charge in [-0.2, -0.15) is 0 Å². The topological polar surface area (TPSA) is 87.6 Å². The molecule has 8 heteroatoms. The summed E-state index contributed by atoms with van der Waals surface area (Å²) in [4.78, 5) is 21.9. The van der Waals surface area contributed by atoms with Gasteiger partial charge in [0.2, 0.25) is 5.95 Å². The van der Waals surface area contributed by atoms with Crippen LogP contribution in [0.25, 0.3) is 11.3 Å². The molecule has 7 nitrogen and oxygen atoms in total. The molecule has 1 fully saturated rings. The third kappa shape index (κ3) is 4.92. The number of aromatic carboxylic acids is 1. The first-order chi connectivity index (χ1) is 15.4. The van der Waals surface area contributed by atoms with Gasteiger partial charge in [0.15, 0.2) is 0 Å². The Morgan fingerprint density at radius 1 is 1.25 bits per heavy atom. The summed E-state index contributed by atoms with van der Waals surface area (Å²) in [7, 11) is 0. The average molecular weight is 436 g/mol. The molecule has 1 aliphatic heterocycles. The first-order valence-electron chi connectivity index (χ1n) is 10.5. The normalized spacial score (nSPS) is 17.7. The number of carboxylic acids is 1. The zero-order valence-electron chi connectivity index (χ0n) is 18.0. The van der Waals surface area contributed by atoms with Crippen molar-refractivity contribution in [2.24, 2.45) is 0 Å². The van der Waals surface area contributed by atoms with E-state index in [1.807, 2.05) is 19.9 Å². The summed E-state index contributed by atoms with van der Waals surface area (Å²) in [6, 6.07) is 13.2. The highest BCUT2D eigenvalue weighted by Gasteiger charge is 2.24. The second-order valence-electron chi connectivity index (χ2n) is 7.86. The zero-order chi connectivity index (χ0) is 22.7. The standard InChI is InChI=1S/C24H25FN4O3/c1-15-14-29(11-12-32-15)16(2)20-8-7-19(13-21(20)25)27-24-26-10-9-22(28-24)17-3-5-18(6-4-17)23(30)31/h3-10,13,15-16H,11-12,14H2,1-2H3,(H,30,31)(H,26,27,28). The summed E-state index contributed by atoms with van der Waals surface area (Å²) >= 11 is 0. The molecule has 1 aliphatic rings. The van der Waals surface area contributed by atoms with Crippen LogP contribution in [0.5, 0.6) is 0 Å². The minimum atomic E-state index is -0.982. The molecule has 0 bridgehead atoms. The summed E-state index contributed by atoms with van der Waals surface area (Å²) in [6.45, 7) is 6.23. The molecule has 32 heavy (non-hydrogen) atoms. The molecule has 2 unspecified atom stereocenters. The van der Waals surface area contributed by atoms with Gasteiger partial charge in [-0.1, -0.05) is 18.2 Å². The van der Waals surface area contributed by atoms with Gasteiger partial charge in [-0.05, 0) is 44.2 Å². The van der Waals surface area contributed by atoms with Crippen LogP contribution in [0.3, 0.4) is 0 Å². The SMILES string of the molecule is CC1CN(C(C)c2ccc(Nc3nccc(-c4ccc(C(=O)O)cc4)n3)cc2F)CCO1. The van der Waals surface area contributed by atoms with Crippen molar-refractivity contribution in [1.82, 2.24) is 14.9 Å². The molecule has 1 saturated heterocycles. The largest absolute Gasteiger partial charge is 0.478 e. The van der Waals surface area contributed by atoms with Gasteiger partial charge < -0.3 is 15.2 Å². The Labute approximate surface area is 185 Å². The van der Waals surface area contributed by atoms with Crippen LogP contribution in [-0.2, 0) is 4.74 Å². The van der Waals surface area contributed by atoms with Crippen LogP contribution >= 0.6 is 0 Å². The quantitative estimate of drug-likeness (QED) is 0.588. The van der Waals surface area contributed by atoms with Gasteiger partial charge in [-0.3, -0.25) is 4.90 Å². The van der Waals surface area contributed by atoms with Crippen molar-refractivity contribution in [2.75, 3.05) is 25.0 Å². The number of hydrogen-bond donors (Lipinski definition) is 2. The Kier molecular flexibility index (Phi) is 6.43. The first-order valence-corrected chi connectivity index (χ1v) is 10.5. The van der Waals surface area contributed by atoms with Crippen molar-refractivity contribution in [3.05, 3.63) is 71.7 Å². The van der Waals surface area contributed by atoms with Crippen molar-refractivity contribution in [2.45, 2.75) is 26.0 Å². The lowest BCUT2D eigenvalue weighted by atomic mass is 10.0. The van der Waals surface area contributed by atoms with Crippen LogP contribution in [0.4, 0.5) is 16.0 Å². The van der Waals surface area contributed by atoms with E-state index in [0.29, 0.717) is 29.5 Å². The molecule has 0 amide bonds. The van der Waals surface area contributed by atoms with Crippen molar-refractivity contribution in [1.29, 1.82) is 0 Å². The fourth-order valence-electron chi connectivity index (χ4n) is 3.83. The smallest absolute Gasteiger partial charge is 0.335 e. The lowest BCUT2D eigenvalue weighted by molar-refractivity contribution is -0.0323. The fraction of sp³-hybridized carbons (Fsp3) is 0.292. The van der Waals surface area contributed by atoms with Gasteiger partial charge >= 0.3 is 5.97 Å². The Morgan fingerprint density at radius 2 is 2.03 bits per heavy atom. The van der Waals surface area contributed by atoms with Crippen LogP contribution in [0.1, 0.15) is 35.8 Å². The van der Waals surface area contributed by atoms with Crippen LogP contribution < -0.4 is 5.32 Å². The Hall–Kier alpha value is -3.36. The second kappa shape index (κ2) is 9.42. The van der Waals surface area contributed by atoms with E-state index in [0.717, 1.165) is 18.7 Å². The van der Waals surface area contributed by atoms with Crippen LogP contribution in [0.2, 0.25) is 0 Å². The monoisotopic (exact) mass is 436 g/mol. The van der Waals surface area contributed by atoms with Gasteiger partial charge in [0.25, 0.3) is 0 Å². The maximum Gasteiger partial charge on any atom is 0.335 e. The number of hydrogen-bond acceptors (Lipinski definition) is 6. The summed E-state index contributed by atoms with van der Waals surface area (Å²) in [5, 5.41) is 12.1. The maximum absolute atomic E-state index is 14.9. The minimum absolute atomic E-state index is 0.0521. The molecule has 3 aromatic rings. The Balaban J connectivity index is 1.49. The van der Waals surface area contributed by atoms with E-state index in [1.165, 1.54) is 18.2 Å². The first kappa shape index (κ1) is 21.9. The fourth-order valence-corrected chi connectivity index (χ4v) is 3.83. The number of anilines is 2. The molecule has 0 spiro atoms. The molecule has 2 atom stereocenters. The van der Waals surface area contributed by atoms with E-state index in [2.05, 4.69) is 20.2 Å². The molecule has 4 rings (SSSR count). The highest BCUT2D eigenvalue weighted by Crippen LogP contribution is 2.28. The van der Waals surface area contributed by atoms with E-state index in [9.17, 15) is 9.18 Å². The molecular formula is C24H25FN4O3. The molecule has 2 heterocycles. The molecular weight excluding hydrogens is 411 g/mol. The molecule has 0 aliphatic carbocycles. The Bertz CT molecular complexity index is 1110. The van der Waals surface area contributed by atoms with Crippen molar-refractivity contribution < 1.29 is 19.0 Å². The number of nitrogens with one attached hydrogen (secondary N) is 1. The summed E-state index contributed by atoms with van der Waals surface area (Å²) < 4.78 is 20.5. The number of nitrogens with zero attached hydrogens (tertiary/aromatic N) is 3. The van der Waals surface area contributed by atoms with Gasteiger partial charge in [-0.25, -0.2) is 19.2 Å². The van der Waals surface area contributed by atoms with Crippen LogP contribution in [-0.4, -0.2) is 51.7 Å². The van der Waals surface area contributed by atoms with Crippen LogP contribution in [0.15, 0.2) is 54.7 Å². The molecule has 0 radical (unpaired) electrons. The molecule has 0 saturated carbocycles. The number of carbonyl (C=O) groups is 1. The molecule has 2 aromatic carbocycles. The third-order valence-electron chi connectivity index (χ3n) is 5.61. The van der Waals surface area contributed by atoms with E-state index in [4.69, 9.17) is 9.84 Å². The zero-order valence-corrected chi connectivity index (χ0v) is 18.0. The van der Waals surface area contributed by atoms with Gasteiger partial charge in [-0.15, -0.1) is 0 Å². The second-order valence-corrected chi connectivity index (χ2v) is 7.86. The lowest BCUT2D eigenvalue weighted by Crippen LogP contribution is -2.42. The number of rotatable bonds is 6. The molecule has 166 valence electrons. The van der Waals surface area contributed by atoms with E-state index < -0.39 is 5.97 Å². The predicted octanol–water partition coefficient (Wildman–Crippen LogP) is 4.51. The number of halogens is 1. The van der Waals surface area contributed by atoms with E-state index in [-0.39, 0.29) is 23.5 Å². The number of aromatic nitrogens is 2. The third-order valence-corrected chi connectivity index (χ3v) is 5.61. The predicted molar refractivity (Wildman–Crippen MR) is 120 cm³/mol. The highest BCUT2D eigenvalue weighted by molar-refractivity contribution is 5.88. The average Bonchev–Trinajstić information content (AvgIpc) is 2.79. The summed E-state index contributed by atoms with van der Waals surface area (Å²) in [6.07, 6.45) is 1.74. The molecule has 2 N–H and O–H groups in total. The maximum atomic E-state index is 14.9. The number of ether oxygens (including phenoxy) is 1. The summed E-state index contributed by atoms with van der Waals surface area (Å²) in [5.41, 5.74) is 2.78. The van der Waals surface area contributed by atoms with E-state index in [1.54, 1.807) is 30.5 Å². The Morgan fingerprint density at radius 3 is 2.72 bits per heavy atom. The number of carboxylic acid groups (broad SMARTS) is 1. The van der Waals surface area contributed by atoms with Crippen molar-refractivity contribution >= 4 is 17.6 Å². The van der Waals surface area contributed by atoms with Crippen molar-refractivity contribution in [3.63, 3.8) is 0 Å². The lowest BCUT2D eigenvalue weighted by Gasteiger charge is -2.35. The van der Waals surface area contributed by atoms with Gasteiger partial charge in [0, 0.05) is 42.1 Å². The van der Waals surface area contributed by atoms with Crippen LogP contribution in [0, 0.1) is 5.82 Å². The molecule has 1 aromatic heterocycles. The van der Waals surface area contributed by atoms with Crippen molar-refractivity contribution in [3.8, 4) is 11.3 Å². The summed E-state index contributed by atoms with van der Waals surface area (Å²) in [5.74, 6) is -0.946. The highest BCUT2D eigenvalue weighted by atomic mass is 19.1. The number of benzene rings is 2. The minimum Gasteiger partial charge on any atom is -0.478 e. The number of morpholine rings is 1.